The molecule has 2 rings (SSSR count). The maximum atomic E-state index is 12.7. The van der Waals surface area contributed by atoms with E-state index < -0.39 is 15.8 Å². The quantitative estimate of drug-likeness (QED) is 0.771. The SMILES string of the molecule is O=C1CCN(S(=O)(=O)c2ccc(F)cc2)C1. The Hall–Kier alpha value is -1.27. The molecular formula is C10H10FNO3S. The van der Waals surface area contributed by atoms with E-state index in [0.717, 1.165) is 16.4 Å². The summed E-state index contributed by atoms with van der Waals surface area (Å²) >= 11 is 0. The maximum absolute atomic E-state index is 12.7. The zero-order valence-electron chi connectivity index (χ0n) is 8.39. The van der Waals surface area contributed by atoms with Gasteiger partial charge in [-0.15, -0.1) is 0 Å². The number of sulfonamides is 1. The van der Waals surface area contributed by atoms with Gasteiger partial charge in [-0.1, -0.05) is 0 Å². The molecule has 0 saturated carbocycles. The summed E-state index contributed by atoms with van der Waals surface area (Å²) in [6, 6.07) is 4.58. The molecule has 0 spiro atoms. The van der Waals surface area contributed by atoms with Crippen LogP contribution in [-0.2, 0) is 14.8 Å². The molecule has 0 N–H and O–H groups in total. The number of nitrogens with zero attached hydrogens (tertiary/aromatic N) is 1. The lowest BCUT2D eigenvalue weighted by molar-refractivity contribution is -0.116. The van der Waals surface area contributed by atoms with Crippen LogP contribution in [0, 0.1) is 5.82 Å². The van der Waals surface area contributed by atoms with Crippen LogP contribution in [-0.4, -0.2) is 31.6 Å². The van der Waals surface area contributed by atoms with E-state index in [0.29, 0.717) is 0 Å². The molecule has 1 saturated heterocycles. The minimum absolute atomic E-state index is 0.0172. The van der Waals surface area contributed by atoms with Crippen molar-refractivity contribution in [2.75, 3.05) is 13.1 Å². The Balaban J connectivity index is 2.32. The van der Waals surface area contributed by atoms with Gasteiger partial charge in [0.15, 0.2) is 0 Å². The van der Waals surface area contributed by atoms with E-state index in [2.05, 4.69) is 0 Å². The monoisotopic (exact) mass is 243 g/mol. The third kappa shape index (κ3) is 1.98. The number of hydrogen-bond acceptors (Lipinski definition) is 3. The lowest BCUT2D eigenvalue weighted by atomic mass is 10.4. The summed E-state index contributed by atoms with van der Waals surface area (Å²) in [4.78, 5) is 11.0. The Kier molecular flexibility index (Phi) is 2.77. The second-order valence-corrected chi connectivity index (χ2v) is 5.52. The molecule has 1 aromatic carbocycles. The Labute approximate surface area is 92.7 Å². The Morgan fingerprint density at radius 2 is 1.81 bits per heavy atom. The zero-order chi connectivity index (χ0) is 11.8. The Morgan fingerprint density at radius 1 is 1.19 bits per heavy atom. The van der Waals surface area contributed by atoms with Gasteiger partial charge in [-0.05, 0) is 24.3 Å². The highest BCUT2D eigenvalue weighted by molar-refractivity contribution is 7.89. The van der Waals surface area contributed by atoms with Gasteiger partial charge < -0.3 is 0 Å². The molecule has 1 aliphatic heterocycles. The van der Waals surface area contributed by atoms with E-state index in [4.69, 9.17) is 0 Å². The lowest BCUT2D eigenvalue weighted by Crippen LogP contribution is -2.28. The van der Waals surface area contributed by atoms with Gasteiger partial charge in [-0.3, -0.25) is 4.79 Å². The molecule has 1 aliphatic rings. The summed E-state index contributed by atoms with van der Waals surface area (Å²) in [5.74, 6) is -0.581. The highest BCUT2D eigenvalue weighted by Gasteiger charge is 2.31. The molecule has 0 unspecified atom stereocenters. The molecule has 1 heterocycles. The van der Waals surface area contributed by atoms with E-state index >= 15 is 0 Å². The highest BCUT2D eigenvalue weighted by Crippen LogP contribution is 2.19. The van der Waals surface area contributed by atoms with E-state index in [1.54, 1.807) is 0 Å². The average Bonchev–Trinajstić information content (AvgIpc) is 2.66. The van der Waals surface area contributed by atoms with Crippen LogP contribution >= 0.6 is 0 Å². The van der Waals surface area contributed by atoms with Gasteiger partial charge in [0.2, 0.25) is 10.0 Å². The van der Waals surface area contributed by atoms with Gasteiger partial charge in [0.1, 0.15) is 11.6 Å². The third-order valence-electron chi connectivity index (χ3n) is 2.44. The zero-order valence-corrected chi connectivity index (χ0v) is 9.21. The lowest BCUT2D eigenvalue weighted by Gasteiger charge is -2.14. The average molecular weight is 243 g/mol. The smallest absolute Gasteiger partial charge is 0.243 e. The minimum atomic E-state index is -3.64. The number of benzene rings is 1. The summed E-state index contributed by atoms with van der Waals surface area (Å²) in [5.41, 5.74) is 0. The van der Waals surface area contributed by atoms with Crippen molar-refractivity contribution in [3.63, 3.8) is 0 Å². The largest absolute Gasteiger partial charge is 0.298 e. The van der Waals surface area contributed by atoms with Crippen LogP contribution in [0.4, 0.5) is 4.39 Å². The molecule has 6 heteroatoms. The minimum Gasteiger partial charge on any atom is -0.298 e. The molecule has 1 fully saturated rings. The number of hydrogen-bond donors (Lipinski definition) is 0. The van der Waals surface area contributed by atoms with Crippen LogP contribution in [0.1, 0.15) is 6.42 Å². The van der Waals surface area contributed by atoms with Crippen molar-refractivity contribution in [1.29, 1.82) is 0 Å². The molecule has 1 aromatic rings. The fraction of sp³-hybridized carbons (Fsp3) is 0.300. The van der Waals surface area contributed by atoms with Crippen molar-refractivity contribution in [1.82, 2.24) is 4.31 Å². The number of carbonyl (C=O) groups excluding carboxylic acids is 1. The van der Waals surface area contributed by atoms with Crippen molar-refractivity contribution in [2.45, 2.75) is 11.3 Å². The van der Waals surface area contributed by atoms with Gasteiger partial charge in [0.05, 0.1) is 11.4 Å². The first kappa shape index (κ1) is 11.2. The van der Waals surface area contributed by atoms with Crippen LogP contribution in [0.15, 0.2) is 29.2 Å². The van der Waals surface area contributed by atoms with Crippen LogP contribution in [0.2, 0.25) is 0 Å². The van der Waals surface area contributed by atoms with Crippen molar-refractivity contribution in [3.05, 3.63) is 30.1 Å². The fourth-order valence-electron chi connectivity index (χ4n) is 1.57. The molecule has 16 heavy (non-hydrogen) atoms. The van der Waals surface area contributed by atoms with Crippen molar-refractivity contribution in [3.8, 4) is 0 Å². The molecular weight excluding hydrogens is 233 g/mol. The highest BCUT2D eigenvalue weighted by atomic mass is 32.2. The third-order valence-corrected chi connectivity index (χ3v) is 4.30. The normalized spacial score (nSPS) is 17.9. The summed E-state index contributed by atoms with van der Waals surface area (Å²) in [6.07, 6.45) is 0.250. The molecule has 0 bridgehead atoms. The van der Waals surface area contributed by atoms with E-state index in [1.165, 1.54) is 12.1 Å². The standard InChI is InChI=1S/C10H10FNO3S/c11-8-1-3-10(4-2-8)16(14,15)12-6-5-9(13)7-12/h1-4H,5-7H2. The van der Waals surface area contributed by atoms with Gasteiger partial charge in [0, 0.05) is 13.0 Å². The summed E-state index contributed by atoms with van der Waals surface area (Å²) < 4.78 is 37.7. The number of rotatable bonds is 2. The topological polar surface area (TPSA) is 54.5 Å². The molecule has 86 valence electrons. The summed E-state index contributed by atoms with van der Waals surface area (Å²) in [6.45, 7) is 0.123. The first-order valence-corrected chi connectivity index (χ1v) is 6.21. The molecule has 0 radical (unpaired) electrons. The molecule has 4 nitrogen and oxygen atoms in total. The van der Waals surface area contributed by atoms with Crippen LogP contribution in [0.25, 0.3) is 0 Å². The van der Waals surface area contributed by atoms with Crippen molar-refractivity contribution < 1.29 is 17.6 Å². The van der Waals surface area contributed by atoms with E-state index in [-0.39, 0.29) is 30.2 Å². The molecule has 0 atom stereocenters. The molecule has 0 aliphatic carbocycles. The van der Waals surface area contributed by atoms with Crippen LogP contribution in [0.3, 0.4) is 0 Å². The Bertz CT molecular complexity index is 509. The van der Waals surface area contributed by atoms with Gasteiger partial charge >= 0.3 is 0 Å². The fourth-order valence-corrected chi connectivity index (χ4v) is 2.99. The van der Waals surface area contributed by atoms with E-state index in [1.807, 2.05) is 0 Å². The molecule has 0 aromatic heterocycles. The number of halogens is 1. The number of ketones is 1. The second kappa shape index (κ2) is 3.95. The van der Waals surface area contributed by atoms with Crippen molar-refractivity contribution in [2.24, 2.45) is 0 Å². The second-order valence-electron chi connectivity index (χ2n) is 3.58. The maximum Gasteiger partial charge on any atom is 0.243 e. The van der Waals surface area contributed by atoms with Crippen LogP contribution < -0.4 is 0 Å². The van der Waals surface area contributed by atoms with Gasteiger partial charge in [-0.25, -0.2) is 12.8 Å². The number of carbonyl (C=O) groups is 1. The predicted octanol–water partition coefficient (Wildman–Crippen LogP) is 0.789. The van der Waals surface area contributed by atoms with Crippen molar-refractivity contribution >= 4 is 15.8 Å². The first-order valence-electron chi connectivity index (χ1n) is 4.77. The van der Waals surface area contributed by atoms with E-state index in [9.17, 15) is 17.6 Å². The number of Topliss-reactive ketones (excluding diaryl/α,β-unsaturated/α-hetero) is 1. The Morgan fingerprint density at radius 3 is 2.31 bits per heavy atom. The predicted molar refractivity (Wildman–Crippen MR) is 54.8 cm³/mol. The van der Waals surface area contributed by atoms with Crippen LogP contribution in [0.5, 0.6) is 0 Å². The van der Waals surface area contributed by atoms with Gasteiger partial charge in [-0.2, -0.15) is 4.31 Å². The summed E-state index contributed by atoms with van der Waals surface area (Å²) in [5, 5.41) is 0. The molecule has 0 amide bonds. The first-order chi connectivity index (χ1) is 7.50. The van der Waals surface area contributed by atoms with Gasteiger partial charge in [0.25, 0.3) is 0 Å². The summed E-state index contributed by atoms with van der Waals surface area (Å²) in [7, 11) is -3.64.